The van der Waals surface area contributed by atoms with Crippen molar-refractivity contribution in [3.05, 3.63) is 53.8 Å². The highest BCUT2D eigenvalue weighted by Gasteiger charge is 2.10. The summed E-state index contributed by atoms with van der Waals surface area (Å²) in [5.41, 5.74) is 3.11. The maximum atomic E-state index is 13.8. The summed E-state index contributed by atoms with van der Waals surface area (Å²) in [6.45, 7) is 5.19. The number of hydrogen-bond donors (Lipinski definition) is 1. The van der Waals surface area contributed by atoms with Gasteiger partial charge in [0, 0.05) is 6.04 Å². The van der Waals surface area contributed by atoms with Crippen molar-refractivity contribution in [2.24, 2.45) is 0 Å². The molecular formula is C18H22FNO. The molecule has 112 valence electrons. The van der Waals surface area contributed by atoms with E-state index in [0.717, 1.165) is 24.1 Å². The van der Waals surface area contributed by atoms with Crippen LogP contribution in [0, 0.1) is 5.82 Å². The van der Waals surface area contributed by atoms with Gasteiger partial charge in [-0.05, 0) is 47.9 Å². The molecule has 0 aromatic heterocycles. The van der Waals surface area contributed by atoms with E-state index < -0.39 is 0 Å². The third-order valence-electron chi connectivity index (χ3n) is 3.63. The zero-order valence-electron chi connectivity index (χ0n) is 12.8. The Hall–Kier alpha value is -1.87. The van der Waals surface area contributed by atoms with Gasteiger partial charge in [0.05, 0.1) is 7.11 Å². The Morgan fingerprint density at radius 2 is 1.86 bits per heavy atom. The molecule has 1 N–H and O–H groups in total. The first kappa shape index (κ1) is 15.5. The second kappa shape index (κ2) is 7.23. The van der Waals surface area contributed by atoms with Crippen LogP contribution in [0.3, 0.4) is 0 Å². The molecule has 2 aromatic carbocycles. The molecule has 2 nitrogen and oxygen atoms in total. The van der Waals surface area contributed by atoms with Gasteiger partial charge in [-0.15, -0.1) is 0 Å². The van der Waals surface area contributed by atoms with Gasteiger partial charge in [-0.3, -0.25) is 0 Å². The zero-order valence-corrected chi connectivity index (χ0v) is 12.8. The van der Waals surface area contributed by atoms with Gasteiger partial charge in [0.25, 0.3) is 0 Å². The molecular weight excluding hydrogens is 265 g/mol. The van der Waals surface area contributed by atoms with E-state index in [2.05, 4.69) is 31.3 Å². The van der Waals surface area contributed by atoms with E-state index in [9.17, 15) is 4.39 Å². The molecule has 0 heterocycles. The number of benzene rings is 2. The molecule has 0 aliphatic carbocycles. The van der Waals surface area contributed by atoms with Crippen molar-refractivity contribution in [2.75, 3.05) is 13.7 Å². The number of methoxy groups -OCH3 is 1. The summed E-state index contributed by atoms with van der Waals surface area (Å²) in [5, 5.41) is 3.46. The highest BCUT2D eigenvalue weighted by molar-refractivity contribution is 5.65. The number of hydrogen-bond acceptors (Lipinski definition) is 2. The summed E-state index contributed by atoms with van der Waals surface area (Å²) < 4.78 is 18.8. The number of halogens is 1. The average molecular weight is 287 g/mol. The van der Waals surface area contributed by atoms with Crippen molar-refractivity contribution in [1.82, 2.24) is 5.32 Å². The van der Waals surface area contributed by atoms with Crippen molar-refractivity contribution >= 4 is 0 Å². The standard InChI is InChI=1S/C18H22FNO/c1-4-17(20-5-2)15-8-6-7-13(11-15)14-9-10-18(21-3)16(19)12-14/h6-12,17,20H,4-5H2,1-3H3. The summed E-state index contributed by atoms with van der Waals surface area (Å²) in [6, 6.07) is 13.7. The van der Waals surface area contributed by atoms with Gasteiger partial charge in [0.2, 0.25) is 0 Å². The van der Waals surface area contributed by atoms with Crippen molar-refractivity contribution < 1.29 is 9.13 Å². The fraction of sp³-hybridized carbons (Fsp3) is 0.333. The van der Waals surface area contributed by atoms with E-state index in [4.69, 9.17) is 4.74 Å². The predicted molar refractivity (Wildman–Crippen MR) is 85.1 cm³/mol. The first-order valence-corrected chi connectivity index (χ1v) is 7.36. The van der Waals surface area contributed by atoms with E-state index in [1.807, 2.05) is 18.2 Å². The zero-order chi connectivity index (χ0) is 15.2. The maximum absolute atomic E-state index is 13.8. The van der Waals surface area contributed by atoms with Gasteiger partial charge in [-0.25, -0.2) is 4.39 Å². The van der Waals surface area contributed by atoms with E-state index in [0.29, 0.717) is 6.04 Å². The van der Waals surface area contributed by atoms with Gasteiger partial charge in [-0.1, -0.05) is 38.1 Å². The quantitative estimate of drug-likeness (QED) is 0.840. The summed E-state index contributed by atoms with van der Waals surface area (Å²) in [6.07, 6.45) is 1.02. The smallest absolute Gasteiger partial charge is 0.165 e. The molecule has 0 spiro atoms. The fourth-order valence-corrected chi connectivity index (χ4v) is 2.53. The van der Waals surface area contributed by atoms with Crippen LogP contribution in [-0.4, -0.2) is 13.7 Å². The number of rotatable bonds is 6. The Morgan fingerprint density at radius 3 is 2.48 bits per heavy atom. The van der Waals surface area contributed by atoms with Gasteiger partial charge in [0.1, 0.15) is 0 Å². The molecule has 0 aliphatic heterocycles. The van der Waals surface area contributed by atoms with Crippen LogP contribution in [0.15, 0.2) is 42.5 Å². The summed E-state index contributed by atoms with van der Waals surface area (Å²) in [7, 11) is 1.47. The molecule has 0 radical (unpaired) electrons. The van der Waals surface area contributed by atoms with E-state index in [-0.39, 0.29) is 11.6 Å². The first-order valence-electron chi connectivity index (χ1n) is 7.36. The SMILES string of the molecule is CCNC(CC)c1cccc(-c2ccc(OC)c(F)c2)c1. The Bertz CT molecular complexity index is 598. The third-order valence-corrected chi connectivity index (χ3v) is 3.63. The molecule has 0 bridgehead atoms. The molecule has 0 aliphatic rings. The Kier molecular flexibility index (Phi) is 5.34. The van der Waals surface area contributed by atoms with E-state index >= 15 is 0 Å². The van der Waals surface area contributed by atoms with Crippen molar-refractivity contribution in [3.8, 4) is 16.9 Å². The van der Waals surface area contributed by atoms with Crippen LogP contribution in [0.4, 0.5) is 4.39 Å². The minimum absolute atomic E-state index is 0.272. The molecule has 0 amide bonds. The lowest BCUT2D eigenvalue weighted by molar-refractivity contribution is 0.386. The molecule has 1 unspecified atom stereocenters. The van der Waals surface area contributed by atoms with Crippen LogP contribution in [0.1, 0.15) is 31.9 Å². The summed E-state index contributed by atoms with van der Waals surface area (Å²) >= 11 is 0. The van der Waals surface area contributed by atoms with Crippen LogP contribution in [-0.2, 0) is 0 Å². The van der Waals surface area contributed by atoms with Crippen LogP contribution in [0.5, 0.6) is 5.75 Å². The van der Waals surface area contributed by atoms with Crippen LogP contribution < -0.4 is 10.1 Å². The average Bonchev–Trinajstić information content (AvgIpc) is 2.52. The van der Waals surface area contributed by atoms with Gasteiger partial charge >= 0.3 is 0 Å². The first-order chi connectivity index (χ1) is 10.2. The lowest BCUT2D eigenvalue weighted by Crippen LogP contribution is -2.19. The number of ether oxygens (including phenoxy) is 1. The molecule has 0 saturated carbocycles. The third kappa shape index (κ3) is 3.61. The van der Waals surface area contributed by atoms with Crippen LogP contribution in [0.2, 0.25) is 0 Å². The molecule has 2 aromatic rings. The van der Waals surface area contributed by atoms with E-state index in [1.54, 1.807) is 6.07 Å². The van der Waals surface area contributed by atoms with Gasteiger partial charge in [0.15, 0.2) is 11.6 Å². The van der Waals surface area contributed by atoms with Crippen molar-refractivity contribution in [1.29, 1.82) is 0 Å². The molecule has 2 rings (SSSR count). The second-order valence-electron chi connectivity index (χ2n) is 4.99. The lowest BCUT2D eigenvalue weighted by atomic mass is 9.98. The normalized spacial score (nSPS) is 12.2. The van der Waals surface area contributed by atoms with Crippen LogP contribution >= 0.6 is 0 Å². The monoisotopic (exact) mass is 287 g/mol. The predicted octanol–water partition coefficient (Wildman–Crippen LogP) is 4.56. The lowest BCUT2D eigenvalue weighted by Gasteiger charge is -2.17. The molecule has 0 fully saturated rings. The Labute approximate surface area is 126 Å². The molecule has 3 heteroatoms. The van der Waals surface area contributed by atoms with Gasteiger partial charge in [-0.2, -0.15) is 0 Å². The highest BCUT2D eigenvalue weighted by Crippen LogP contribution is 2.28. The summed E-state index contributed by atoms with van der Waals surface area (Å²) in [5.74, 6) is -0.0619. The minimum atomic E-state index is -0.334. The number of nitrogens with one attached hydrogen (secondary N) is 1. The van der Waals surface area contributed by atoms with Crippen LogP contribution in [0.25, 0.3) is 11.1 Å². The Morgan fingerprint density at radius 1 is 1.10 bits per heavy atom. The maximum Gasteiger partial charge on any atom is 0.165 e. The van der Waals surface area contributed by atoms with Crippen molar-refractivity contribution in [2.45, 2.75) is 26.3 Å². The summed E-state index contributed by atoms with van der Waals surface area (Å²) in [4.78, 5) is 0. The van der Waals surface area contributed by atoms with Crippen molar-refractivity contribution in [3.63, 3.8) is 0 Å². The second-order valence-corrected chi connectivity index (χ2v) is 4.99. The van der Waals surface area contributed by atoms with Gasteiger partial charge < -0.3 is 10.1 Å². The highest BCUT2D eigenvalue weighted by atomic mass is 19.1. The Balaban J connectivity index is 2.34. The fourth-order valence-electron chi connectivity index (χ4n) is 2.53. The largest absolute Gasteiger partial charge is 0.494 e. The van der Waals surface area contributed by atoms with E-state index in [1.165, 1.54) is 18.7 Å². The molecule has 0 saturated heterocycles. The topological polar surface area (TPSA) is 21.3 Å². The molecule has 1 atom stereocenters. The minimum Gasteiger partial charge on any atom is -0.494 e. The molecule has 21 heavy (non-hydrogen) atoms.